The van der Waals surface area contributed by atoms with Crippen LogP contribution in [0.25, 0.3) is 43.1 Å². The van der Waals surface area contributed by atoms with Crippen molar-refractivity contribution in [3.63, 3.8) is 0 Å². The molecule has 4 amide bonds. The number of imide groups is 2. The second-order valence-electron chi connectivity index (χ2n) is 18.5. The van der Waals surface area contributed by atoms with Crippen LogP contribution in [0.15, 0.2) is 84.9 Å². The normalized spacial score (nSPS) is 15.2. The van der Waals surface area contributed by atoms with Gasteiger partial charge in [-0.1, -0.05) is 111 Å². The summed E-state index contributed by atoms with van der Waals surface area (Å²) in [6, 6.07) is 27.3. The number of nitrogens with zero attached hydrogens (tertiary/aromatic N) is 2. The van der Waals surface area contributed by atoms with Crippen LogP contribution < -0.4 is 9.80 Å². The Morgan fingerprint density at radius 2 is 0.727 bits per heavy atom. The van der Waals surface area contributed by atoms with Gasteiger partial charge in [0.25, 0.3) is 23.6 Å². The summed E-state index contributed by atoms with van der Waals surface area (Å²) in [5.74, 6) is -1.41. The molecule has 7 aromatic carbocycles. The second-order valence-corrected chi connectivity index (χ2v) is 18.5. The Morgan fingerprint density at radius 1 is 0.382 bits per heavy atom. The third kappa shape index (κ3) is 4.79. The van der Waals surface area contributed by atoms with E-state index in [9.17, 15) is 19.2 Å². The number of rotatable bonds is 2. The van der Waals surface area contributed by atoms with Gasteiger partial charge in [-0.15, -0.1) is 0 Å². The molecule has 0 radical (unpaired) electrons. The molecule has 0 saturated heterocycles. The van der Waals surface area contributed by atoms with Crippen molar-refractivity contribution < 1.29 is 19.2 Å². The van der Waals surface area contributed by atoms with Gasteiger partial charge in [0.05, 0.1) is 11.4 Å². The van der Waals surface area contributed by atoms with Crippen LogP contribution in [0.1, 0.15) is 126 Å². The van der Waals surface area contributed by atoms with Crippen molar-refractivity contribution in [2.75, 3.05) is 9.80 Å². The van der Waals surface area contributed by atoms with Gasteiger partial charge in [0.15, 0.2) is 0 Å². The third-order valence-electron chi connectivity index (χ3n) is 11.9. The van der Waals surface area contributed by atoms with Crippen molar-refractivity contribution in [1.29, 1.82) is 0 Å². The van der Waals surface area contributed by atoms with Gasteiger partial charge in [-0.25, -0.2) is 9.80 Å². The summed E-state index contributed by atoms with van der Waals surface area (Å²) in [5.41, 5.74) is 6.25. The maximum atomic E-state index is 14.7. The van der Waals surface area contributed by atoms with Crippen LogP contribution in [0, 0.1) is 6.92 Å². The smallest absolute Gasteiger partial charge is 0.265 e. The minimum Gasteiger partial charge on any atom is -0.268 e. The zero-order chi connectivity index (χ0) is 39.3. The molecule has 0 aromatic heterocycles. The number of aryl methyl sites for hydroxylation is 1. The van der Waals surface area contributed by atoms with Gasteiger partial charge in [-0.2, -0.15) is 0 Å². The lowest BCUT2D eigenvalue weighted by molar-refractivity contribution is 0.0877. The van der Waals surface area contributed by atoms with E-state index in [0.29, 0.717) is 44.4 Å². The fraction of sp³-hybridized carbons (Fsp3) is 0.265. The highest BCUT2D eigenvalue weighted by molar-refractivity contribution is 6.45. The Labute approximate surface area is 321 Å². The van der Waals surface area contributed by atoms with Crippen molar-refractivity contribution >= 4 is 78.1 Å². The molecule has 0 atom stereocenters. The number of hydrogen-bond donors (Lipinski definition) is 0. The van der Waals surface area contributed by atoms with Crippen molar-refractivity contribution in [2.24, 2.45) is 0 Å². The van der Waals surface area contributed by atoms with Gasteiger partial charge in [-0.05, 0) is 114 Å². The van der Waals surface area contributed by atoms with E-state index in [1.165, 1.54) is 9.80 Å². The van der Waals surface area contributed by atoms with Crippen molar-refractivity contribution in [3.8, 4) is 0 Å². The summed E-state index contributed by atoms with van der Waals surface area (Å²) in [7, 11) is 0. The molecule has 274 valence electrons. The molecular weight excluding hydrogens is 681 g/mol. The van der Waals surface area contributed by atoms with Crippen molar-refractivity contribution in [2.45, 2.75) is 85.5 Å². The van der Waals surface area contributed by atoms with E-state index in [-0.39, 0.29) is 39.9 Å². The number of benzene rings is 7. The molecule has 0 spiro atoms. The lowest BCUT2D eigenvalue weighted by Gasteiger charge is -2.34. The highest BCUT2D eigenvalue weighted by atomic mass is 16.2. The highest BCUT2D eigenvalue weighted by Crippen LogP contribution is 2.48. The topological polar surface area (TPSA) is 74.8 Å². The number of hydrogen-bond acceptors (Lipinski definition) is 4. The van der Waals surface area contributed by atoms with Crippen LogP contribution in [0.2, 0.25) is 0 Å². The van der Waals surface area contributed by atoms with Gasteiger partial charge in [0.2, 0.25) is 0 Å². The average molecular weight is 725 g/mol. The SMILES string of the molecule is Cc1ccc(C(C)(C)C)cc1N1C(=O)c2ccc3c4ccc5c6c(ccc(c7ccc(c2c37)C1=O)c64)C(=O)N(c1cc(C(C)(C)C)ccc1C(C)(C)C)C5=O. The predicted octanol–water partition coefficient (Wildman–Crippen LogP) is 11.5. The molecular formula is C49H44N2O4. The molecule has 55 heavy (non-hydrogen) atoms. The summed E-state index contributed by atoms with van der Waals surface area (Å²) in [6.07, 6.45) is 0. The zero-order valence-corrected chi connectivity index (χ0v) is 33.1. The molecule has 7 aromatic rings. The first-order chi connectivity index (χ1) is 25.8. The van der Waals surface area contributed by atoms with Crippen LogP contribution in [-0.4, -0.2) is 23.6 Å². The molecule has 2 aliphatic heterocycles. The first kappa shape index (κ1) is 34.9. The summed E-state index contributed by atoms with van der Waals surface area (Å²) < 4.78 is 0. The Balaban J connectivity index is 1.25. The Bertz CT molecular complexity index is 2790. The first-order valence-electron chi connectivity index (χ1n) is 19.0. The minimum absolute atomic E-state index is 0.169. The standard InChI is InChI=1S/C49H44N2O4/c1-25-11-12-26(47(2,3)4)23-37(25)50-43(52)32-18-14-28-30-16-20-34-42-35(21-17-31(40(30)42)29-15-19-33(44(50)53)41(32)39(28)29)46(55)51(45(34)54)38-24-27(48(5,6)7)13-22-36(38)49(8,9)10/h11-24H,1-10H3. The molecule has 0 unspecified atom stereocenters. The zero-order valence-electron chi connectivity index (χ0n) is 33.1. The van der Waals surface area contributed by atoms with Crippen LogP contribution in [0.3, 0.4) is 0 Å². The number of carbonyl (C=O) groups is 4. The molecule has 0 N–H and O–H groups in total. The van der Waals surface area contributed by atoms with Gasteiger partial charge in [0.1, 0.15) is 0 Å². The Kier molecular flexibility index (Phi) is 7.03. The molecule has 0 bridgehead atoms. The van der Waals surface area contributed by atoms with E-state index < -0.39 is 0 Å². The molecule has 6 nitrogen and oxygen atoms in total. The molecule has 0 aliphatic carbocycles. The second kappa shape index (κ2) is 11.1. The third-order valence-corrected chi connectivity index (χ3v) is 11.9. The van der Waals surface area contributed by atoms with E-state index in [0.717, 1.165) is 54.6 Å². The lowest BCUT2D eigenvalue weighted by atomic mass is 9.79. The van der Waals surface area contributed by atoms with Gasteiger partial charge in [0, 0.05) is 33.0 Å². The van der Waals surface area contributed by atoms with E-state index in [4.69, 9.17) is 0 Å². The first-order valence-corrected chi connectivity index (χ1v) is 19.0. The van der Waals surface area contributed by atoms with E-state index in [1.807, 2.05) is 73.7 Å². The number of amides is 4. The minimum atomic E-state index is -0.354. The summed E-state index contributed by atoms with van der Waals surface area (Å²) in [6.45, 7) is 20.9. The van der Waals surface area contributed by atoms with Gasteiger partial charge >= 0.3 is 0 Å². The Hall–Kier alpha value is -5.88. The maximum Gasteiger partial charge on any atom is 0.265 e. The van der Waals surface area contributed by atoms with Crippen LogP contribution in [0.4, 0.5) is 11.4 Å². The molecule has 2 heterocycles. The highest BCUT2D eigenvalue weighted by Gasteiger charge is 2.40. The largest absolute Gasteiger partial charge is 0.268 e. The van der Waals surface area contributed by atoms with Crippen LogP contribution >= 0.6 is 0 Å². The van der Waals surface area contributed by atoms with E-state index in [2.05, 4.69) is 80.5 Å². The van der Waals surface area contributed by atoms with Crippen LogP contribution in [-0.2, 0) is 16.2 Å². The quantitative estimate of drug-likeness (QED) is 0.101. The van der Waals surface area contributed by atoms with E-state index >= 15 is 0 Å². The molecule has 0 fully saturated rings. The number of carbonyl (C=O) groups excluding carboxylic acids is 4. The fourth-order valence-corrected chi connectivity index (χ4v) is 8.84. The number of anilines is 2. The van der Waals surface area contributed by atoms with E-state index in [1.54, 1.807) is 0 Å². The van der Waals surface area contributed by atoms with Gasteiger partial charge in [-0.3, -0.25) is 19.2 Å². The summed E-state index contributed by atoms with van der Waals surface area (Å²) in [4.78, 5) is 61.0. The number of fused-ring (bicyclic) bond motifs is 2. The molecule has 6 heteroatoms. The molecule has 2 aliphatic rings. The fourth-order valence-electron chi connectivity index (χ4n) is 8.84. The maximum absolute atomic E-state index is 14.7. The summed E-state index contributed by atoms with van der Waals surface area (Å²) >= 11 is 0. The summed E-state index contributed by atoms with van der Waals surface area (Å²) in [5, 5.41) is 6.38. The van der Waals surface area contributed by atoms with Crippen molar-refractivity contribution in [3.05, 3.63) is 129 Å². The van der Waals surface area contributed by atoms with Crippen LogP contribution in [0.5, 0.6) is 0 Å². The Morgan fingerprint density at radius 3 is 1.09 bits per heavy atom. The molecule has 0 saturated carbocycles. The van der Waals surface area contributed by atoms with Gasteiger partial charge < -0.3 is 0 Å². The monoisotopic (exact) mass is 724 g/mol. The van der Waals surface area contributed by atoms with Crippen molar-refractivity contribution in [1.82, 2.24) is 0 Å². The lowest BCUT2D eigenvalue weighted by Crippen LogP contribution is -2.42. The average Bonchev–Trinajstić information content (AvgIpc) is 3.11. The predicted molar refractivity (Wildman–Crippen MR) is 224 cm³/mol. The molecule has 9 rings (SSSR count).